The van der Waals surface area contributed by atoms with Gasteiger partial charge in [0.15, 0.2) is 0 Å². The molecule has 0 saturated carbocycles. The normalized spacial score (nSPS) is 24.0. The largest absolute Gasteiger partial charge is 0.375 e. The number of hydrogen-bond donors (Lipinski definition) is 1. The highest BCUT2D eigenvalue weighted by molar-refractivity contribution is 7.99. The smallest absolute Gasteiger partial charge is 0.0792 e. The Morgan fingerprint density at radius 2 is 2.19 bits per heavy atom. The van der Waals surface area contributed by atoms with E-state index in [2.05, 4.69) is 32.6 Å². The van der Waals surface area contributed by atoms with Crippen LogP contribution in [0, 0.1) is 0 Å². The van der Waals surface area contributed by atoms with Crippen LogP contribution in [0.5, 0.6) is 0 Å². The molecule has 0 aliphatic carbocycles. The van der Waals surface area contributed by atoms with Gasteiger partial charge in [-0.15, -0.1) is 0 Å². The Balaban J connectivity index is 2.22. The molecule has 0 aromatic rings. The molecule has 1 unspecified atom stereocenters. The van der Waals surface area contributed by atoms with Crippen molar-refractivity contribution in [2.75, 3.05) is 31.2 Å². The van der Waals surface area contributed by atoms with Gasteiger partial charge in [-0.2, -0.15) is 11.8 Å². The van der Waals surface area contributed by atoms with Gasteiger partial charge in [0.05, 0.1) is 12.7 Å². The molecule has 0 spiro atoms. The molecule has 1 heterocycles. The zero-order valence-electron chi connectivity index (χ0n) is 11.0. The quantitative estimate of drug-likeness (QED) is 0.799. The van der Waals surface area contributed by atoms with Gasteiger partial charge in [-0.05, 0) is 27.7 Å². The molecule has 1 aliphatic heterocycles. The first-order chi connectivity index (χ1) is 7.38. The minimum absolute atomic E-state index is 0.0724. The molecule has 0 radical (unpaired) electrons. The molecule has 1 rings (SSSR count). The van der Waals surface area contributed by atoms with Crippen molar-refractivity contribution in [3.8, 4) is 0 Å². The lowest BCUT2D eigenvalue weighted by Crippen LogP contribution is -2.47. The molecule has 96 valence electrons. The lowest BCUT2D eigenvalue weighted by atomic mass is 10.1. The van der Waals surface area contributed by atoms with Gasteiger partial charge >= 0.3 is 0 Å². The van der Waals surface area contributed by atoms with Gasteiger partial charge < -0.3 is 10.5 Å². The third-order valence-electron chi connectivity index (χ3n) is 2.68. The van der Waals surface area contributed by atoms with Gasteiger partial charge in [-0.25, -0.2) is 0 Å². The second kappa shape index (κ2) is 6.24. The zero-order chi connectivity index (χ0) is 12.2. The van der Waals surface area contributed by atoms with E-state index in [0.717, 1.165) is 31.2 Å². The van der Waals surface area contributed by atoms with E-state index in [-0.39, 0.29) is 5.54 Å². The standard InChI is InChI=1S/C12H26N2OS/c1-10(2)14-5-6-15-11(7-14)8-16-9-12(3,4)13/h10-11H,5-9,13H2,1-4H3. The van der Waals surface area contributed by atoms with Gasteiger partial charge in [0.1, 0.15) is 0 Å². The van der Waals surface area contributed by atoms with E-state index in [0.29, 0.717) is 12.1 Å². The van der Waals surface area contributed by atoms with Crippen molar-refractivity contribution in [1.82, 2.24) is 4.90 Å². The molecule has 0 aromatic carbocycles. The Morgan fingerprint density at radius 3 is 2.75 bits per heavy atom. The topological polar surface area (TPSA) is 38.5 Å². The fourth-order valence-electron chi connectivity index (χ4n) is 1.77. The van der Waals surface area contributed by atoms with Crippen molar-refractivity contribution >= 4 is 11.8 Å². The van der Waals surface area contributed by atoms with Crippen molar-refractivity contribution in [1.29, 1.82) is 0 Å². The summed E-state index contributed by atoms with van der Waals surface area (Å²) in [5.41, 5.74) is 5.88. The second-order valence-corrected chi connectivity index (χ2v) is 6.62. The summed E-state index contributed by atoms with van der Waals surface area (Å²) in [6.45, 7) is 11.6. The molecule has 0 amide bonds. The predicted octanol–water partition coefficient (Wildman–Crippen LogP) is 1.57. The molecule has 1 fully saturated rings. The summed E-state index contributed by atoms with van der Waals surface area (Å²) in [5.74, 6) is 2.05. The van der Waals surface area contributed by atoms with Crippen LogP contribution in [0.1, 0.15) is 27.7 Å². The first-order valence-electron chi connectivity index (χ1n) is 6.11. The van der Waals surface area contributed by atoms with Crippen LogP contribution >= 0.6 is 11.8 Å². The molecule has 0 bridgehead atoms. The van der Waals surface area contributed by atoms with Gasteiger partial charge in [0.2, 0.25) is 0 Å². The molecular formula is C12H26N2OS. The number of nitrogens with zero attached hydrogens (tertiary/aromatic N) is 1. The Kier molecular flexibility index (Phi) is 5.57. The molecule has 1 saturated heterocycles. The van der Waals surface area contributed by atoms with Crippen LogP contribution < -0.4 is 5.73 Å². The van der Waals surface area contributed by atoms with E-state index in [1.165, 1.54) is 0 Å². The third-order valence-corrected chi connectivity index (χ3v) is 4.23. The van der Waals surface area contributed by atoms with E-state index in [9.17, 15) is 0 Å². The van der Waals surface area contributed by atoms with Crippen molar-refractivity contribution in [2.24, 2.45) is 5.73 Å². The minimum Gasteiger partial charge on any atom is -0.375 e. The van der Waals surface area contributed by atoms with Crippen LogP contribution in [0.15, 0.2) is 0 Å². The number of ether oxygens (including phenoxy) is 1. The van der Waals surface area contributed by atoms with E-state index < -0.39 is 0 Å². The second-order valence-electron chi connectivity index (χ2n) is 5.59. The minimum atomic E-state index is -0.0724. The summed E-state index contributed by atoms with van der Waals surface area (Å²) in [5, 5.41) is 0. The van der Waals surface area contributed by atoms with Crippen molar-refractivity contribution in [3.05, 3.63) is 0 Å². The van der Waals surface area contributed by atoms with Gasteiger partial charge in [-0.3, -0.25) is 4.90 Å². The molecule has 4 heteroatoms. The molecule has 1 atom stereocenters. The fraction of sp³-hybridized carbons (Fsp3) is 1.00. The predicted molar refractivity (Wildman–Crippen MR) is 72.0 cm³/mol. The number of hydrogen-bond acceptors (Lipinski definition) is 4. The first kappa shape index (κ1) is 14.3. The summed E-state index contributed by atoms with van der Waals surface area (Å²) >= 11 is 1.90. The fourth-order valence-corrected chi connectivity index (χ4v) is 2.87. The summed E-state index contributed by atoms with van der Waals surface area (Å²) in [7, 11) is 0. The van der Waals surface area contributed by atoms with E-state index in [4.69, 9.17) is 10.5 Å². The third kappa shape index (κ3) is 5.53. The Morgan fingerprint density at radius 1 is 1.50 bits per heavy atom. The Hall–Kier alpha value is 0.230. The highest BCUT2D eigenvalue weighted by Gasteiger charge is 2.22. The van der Waals surface area contributed by atoms with E-state index in [1.807, 2.05) is 11.8 Å². The zero-order valence-corrected chi connectivity index (χ0v) is 11.8. The van der Waals surface area contributed by atoms with Crippen LogP contribution in [0.2, 0.25) is 0 Å². The Bertz CT molecular complexity index is 204. The number of rotatable bonds is 5. The van der Waals surface area contributed by atoms with Crippen LogP contribution in [-0.2, 0) is 4.74 Å². The van der Waals surface area contributed by atoms with Crippen molar-refractivity contribution < 1.29 is 4.74 Å². The monoisotopic (exact) mass is 246 g/mol. The highest BCUT2D eigenvalue weighted by Crippen LogP contribution is 2.16. The summed E-state index contributed by atoms with van der Waals surface area (Å²) < 4.78 is 5.77. The summed E-state index contributed by atoms with van der Waals surface area (Å²) in [6.07, 6.45) is 0.378. The van der Waals surface area contributed by atoms with Crippen molar-refractivity contribution in [2.45, 2.75) is 45.4 Å². The van der Waals surface area contributed by atoms with Crippen LogP contribution in [-0.4, -0.2) is 53.8 Å². The molecule has 1 aliphatic rings. The van der Waals surface area contributed by atoms with E-state index >= 15 is 0 Å². The average Bonchev–Trinajstić information content (AvgIpc) is 2.16. The maximum absolute atomic E-state index is 5.95. The SMILES string of the molecule is CC(C)N1CCOC(CSCC(C)(C)N)C1. The number of thioether (sulfide) groups is 1. The van der Waals surface area contributed by atoms with Gasteiger partial charge in [-0.1, -0.05) is 0 Å². The molecular weight excluding hydrogens is 220 g/mol. The molecule has 2 N–H and O–H groups in total. The number of nitrogens with two attached hydrogens (primary N) is 1. The first-order valence-corrected chi connectivity index (χ1v) is 7.26. The molecule has 0 aromatic heterocycles. The average molecular weight is 246 g/mol. The van der Waals surface area contributed by atoms with Gasteiger partial charge in [0, 0.05) is 36.2 Å². The van der Waals surface area contributed by atoms with Gasteiger partial charge in [0.25, 0.3) is 0 Å². The maximum Gasteiger partial charge on any atom is 0.0792 e. The van der Waals surface area contributed by atoms with Crippen molar-refractivity contribution in [3.63, 3.8) is 0 Å². The number of morpholine rings is 1. The van der Waals surface area contributed by atoms with Crippen LogP contribution in [0.25, 0.3) is 0 Å². The summed E-state index contributed by atoms with van der Waals surface area (Å²) in [6, 6.07) is 0.627. The van der Waals surface area contributed by atoms with E-state index in [1.54, 1.807) is 0 Å². The molecule has 3 nitrogen and oxygen atoms in total. The summed E-state index contributed by atoms with van der Waals surface area (Å²) in [4.78, 5) is 2.49. The maximum atomic E-state index is 5.95. The molecule has 16 heavy (non-hydrogen) atoms. The Labute approximate surface area is 104 Å². The van der Waals surface area contributed by atoms with Crippen LogP contribution in [0.4, 0.5) is 0 Å². The van der Waals surface area contributed by atoms with Crippen LogP contribution in [0.3, 0.4) is 0 Å². The highest BCUT2D eigenvalue weighted by atomic mass is 32.2. The lowest BCUT2D eigenvalue weighted by Gasteiger charge is -2.35. The lowest BCUT2D eigenvalue weighted by molar-refractivity contribution is -0.0265.